The SMILES string of the molecule is CS(=O)c1ccc(-c2cc(OCc3ncccc3C(N)=O)c3cccnc3c2)cc1F. The zero-order valence-electron chi connectivity index (χ0n) is 16.5. The average molecular weight is 435 g/mol. The minimum Gasteiger partial charge on any atom is -0.487 e. The molecule has 4 aromatic rings. The van der Waals surface area contributed by atoms with Crippen LogP contribution in [0.2, 0.25) is 0 Å². The summed E-state index contributed by atoms with van der Waals surface area (Å²) in [6.45, 7) is 0.0225. The van der Waals surface area contributed by atoms with Gasteiger partial charge < -0.3 is 10.5 Å². The van der Waals surface area contributed by atoms with Gasteiger partial charge in [-0.25, -0.2) is 4.39 Å². The van der Waals surface area contributed by atoms with Crippen LogP contribution in [0.15, 0.2) is 71.9 Å². The molecule has 0 radical (unpaired) electrons. The van der Waals surface area contributed by atoms with E-state index in [1.54, 1.807) is 42.7 Å². The number of nitrogens with zero attached hydrogens (tertiary/aromatic N) is 2. The molecule has 2 aromatic carbocycles. The van der Waals surface area contributed by atoms with Crippen molar-refractivity contribution in [1.29, 1.82) is 0 Å². The summed E-state index contributed by atoms with van der Waals surface area (Å²) in [6.07, 6.45) is 4.65. The van der Waals surface area contributed by atoms with E-state index in [-0.39, 0.29) is 17.1 Å². The Morgan fingerprint density at radius 1 is 1.06 bits per heavy atom. The van der Waals surface area contributed by atoms with Crippen molar-refractivity contribution in [2.24, 2.45) is 5.73 Å². The lowest BCUT2D eigenvalue weighted by molar-refractivity contribution is 0.0997. The molecule has 0 saturated heterocycles. The highest BCUT2D eigenvalue weighted by Crippen LogP contribution is 2.33. The van der Waals surface area contributed by atoms with Crippen LogP contribution in [0, 0.1) is 5.82 Å². The third-order valence-electron chi connectivity index (χ3n) is 4.78. The van der Waals surface area contributed by atoms with Crippen molar-refractivity contribution < 1.29 is 18.1 Å². The number of pyridine rings is 2. The molecule has 0 aliphatic rings. The number of nitrogens with two attached hydrogens (primary N) is 1. The third kappa shape index (κ3) is 4.29. The Morgan fingerprint density at radius 2 is 1.84 bits per heavy atom. The normalized spacial score (nSPS) is 11.9. The summed E-state index contributed by atoms with van der Waals surface area (Å²) in [6, 6.07) is 15.0. The van der Waals surface area contributed by atoms with E-state index in [0.29, 0.717) is 28.1 Å². The van der Waals surface area contributed by atoms with Crippen molar-refractivity contribution in [1.82, 2.24) is 9.97 Å². The van der Waals surface area contributed by atoms with Crippen molar-refractivity contribution in [3.05, 3.63) is 84.1 Å². The molecule has 1 unspecified atom stereocenters. The summed E-state index contributed by atoms with van der Waals surface area (Å²) in [7, 11) is -1.42. The largest absolute Gasteiger partial charge is 0.487 e. The minimum absolute atomic E-state index is 0.0225. The van der Waals surface area contributed by atoms with E-state index in [9.17, 15) is 13.4 Å². The first-order chi connectivity index (χ1) is 14.9. The van der Waals surface area contributed by atoms with Gasteiger partial charge in [0.15, 0.2) is 0 Å². The number of rotatable bonds is 6. The van der Waals surface area contributed by atoms with Gasteiger partial charge in [-0.05, 0) is 59.7 Å². The molecule has 8 heteroatoms. The number of ether oxygens (including phenoxy) is 1. The summed E-state index contributed by atoms with van der Waals surface area (Å²) in [5.41, 5.74) is 8.06. The predicted octanol–water partition coefficient (Wildman–Crippen LogP) is 3.85. The monoisotopic (exact) mass is 435 g/mol. The zero-order valence-corrected chi connectivity index (χ0v) is 17.4. The minimum atomic E-state index is -1.42. The topological polar surface area (TPSA) is 95.2 Å². The smallest absolute Gasteiger partial charge is 0.250 e. The summed E-state index contributed by atoms with van der Waals surface area (Å²) in [5.74, 6) is -0.623. The summed E-state index contributed by atoms with van der Waals surface area (Å²) >= 11 is 0. The van der Waals surface area contributed by atoms with Crippen LogP contribution < -0.4 is 10.5 Å². The van der Waals surface area contributed by atoms with E-state index >= 15 is 0 Å². The van der Waals surface area contributed by atoms with Crippen LogP contribution in [0.5, 0.6) is 5.75 Å². The maximum absolute atomic E-state index is 14.4. The van der Waals surface area contributed by atoms with Crippen LogP contribution in [0.3, 0.4) is 0 Å². The fourth-order valence-electron chi connectivity index (χ4n) is 3.27. The molecular weight excluding hydrogens is 417 g/mol. The van der Waals surface area contributed by atoms with Gasteiger partial charge in [-0.2, -0.15) is 0 Å². The number of carbonyl (C=O) groups is 1. The van der Waals surface area contributed by atoms with Crippen molar-refractivity contribution in [3.63, 3.8) is 0 Å². The van der Waals surface area contributed by atoms with Crippen LogP contribution >= 0.6 is 0 Å². The number of primary amides is 1. The van der Waals surface area contributed by atoms with Crippen molar-refractivity contribution in [3.8, 4) is 16.9 Å². The Kier molecular flexibility index (Phi) is 5.73. The highest BCUT2D eigenvalue weighted by Gasteiger charge is 2.14. The second-order valence-electron chi connectivity index (χ2n) is 6.79. The van der Waals surface area contributed by atoms with E-state index in [1.807, 2.05) is 12.1 Å². The third-order valence-corrected chi connectivity index (χ3v) is 5.73. The first kappa shape index (κ1) is 20.6. The second-order valence-corrected chi connectivity index (χ2v) is 8.14. The van der Waals surface area contributed by atoms with Crippen molar-refractivity contribution >= 4 is 27.6 Å². The van der Waals surface area contributed by atoms with Crippen LogP contribution in [-0.2, 0) is 17.4 Å². The van der Waals surface area contributed by atoms with Gasteiger partial charge >= 0.3 is 0 Å². The standard InChI is InChI=1S/C23H18FN3O3S/c1-31(29)22-7-6-14(10-18(22)24)15-11-19-16(4-2-8-26-19)21(12-15)30-13-20-17(23(25)28)5-3-9-27-20/h2-12H,13H2,1H3,(H2,25,28). The molecule has 1 amide bonds. The highest BCUT2D eigenvalue weighted by molar-refractivity contribution is 7.84. The van der Waals surface area contributed by atoms with Gasteiger partial charge in [0, 0.05) is 24.0 Å². The van der Waals surface area contributed by atoms with Crippen LogP contribution in [0.4, 0.5) is 4.39 Å². The van der Waals surface area contributed by atoms with Gasteiger partial charge in [-0.1, -0.05) is 6.07 Å². The number of hydrogen-bond donors (Lipinski definition) is 1. The molecule has 2 aromatic heterocycles. The molecule has 1 atom stereocenters. The van der Waals surface area contributed by atoms with E-state index in [4.69, 9.17) is 10.5 Å². The zero-order chi connectivity index (χ0) is 22.0. The quantitative estimate of drug-likeness (QED) is 0.496. The molecule has 2 heterocycles. The lowest BCUT2D eigenvalue weighted by Crippen LogP contribution is -2.15. The average Bonchev–Trinajstić information content (AvgIpc) is 2.77. The van der Waals surface area contributed by atoms with Crippen molar-refractivity contribution in [2.75, 3.05) is 6.26 Å². The van der Waals surface area contributed by atoms with E-state index < -0.39 is 22.5 Å². The van der Waals surface area contributed by atoms with Gasteiger partial charge in [-0.3, -0.25) is 19.0 Å². The summed E-state index contributed by atoms with van der Waals surface area (Å²) in [5, 5.41) is 0.759. The Bertz CT molecular complexity index is 1330. The lowest BCUT2D eigenvalue weighted by atomic mass is 10.0. The number of benzene rings is 2. The Labute approximate surface area is 180 Å². The number of halogens is 1. The Hall–Kier alpha value is -3.65. The number of fused-ring (bicyclic) bond motifs is 1. The number of hydrogen-bond acceptors (Lipinski definition) is 5. The molecule has 156 valence electrons. The maximum Gasteiger partial charge on any atom is 0.250 e. The van der Waals surface area contributed by atoms with Gasteiger partial charge in [0.2, 0.25) is 0 Å². The van der Waals surface area contributed by atoms with E-state index in [1.165, 1.54) is 18.4 Å². The summed E-state index contributed by atoms with van der Waals surface area (Å²) < 4.78 is 32.0. The number of amides is 1. The molecule has 0 fully saturated rings. The predicted molar refractivity (Wildman–Crippen MR) is 117 cm³/mol. The van der Waals surface area contributed by atoms with Crippen LogP contribution in [0.25, 0.3) is 22.0 Å². The molecular formula is C23H18FN3O3S. The molecule has 0 spiro atoms. The molecule has 0 saturated carbocycles. The Morgan fingerprint density at radius 3 is 2.58 bits per heavy atom. The van der Waals surface area contributed by atoms with Gasteiger partial charge in [0.1, 0.15) is 18.2 Å². The van der Waals surface area contributed by atoms with E-state index in [0.717, 1.165) is 5.39 Å². The van der Waals surface area contributed by atoms with Gasteiger partial charge in [0.25, 0.3) is 5.91 Å². The van der Waals surface area contributed by atoms with Crippen LogP contribution in [0.1, 0.15) is 16.1 Å². The molecule has 4 rings (SSSR count). The van der Waals surface area contributed by atoms with E-state index in [2.05, 4.69) is 9.97 Å². The highest BCUT2D eigenvalue weighted by atomic mass is 32.2. The van der Waals surface area contributed by atoms with Crippen molar-refractivity contribution in [2.45, 2.75) is 11.5 Å². The molecule has 0 aliphatic carbocycles. The first-order valence-electron chi connectivity index (χ1n) is 9.32. The summed E-state index contributed by atoms with van der Waals surface area (Å²) in [4.78, 5) is 20.4. The van der Waals surface area contributed by atoms with Gasteiger partial charge in [-0.15, -0.1) is 0 Å². The maximum atomic E-state index is 14.4. The van der Waals surface area contributed by atoms with Gasteiger partial charge in [0.05, 0.1) is 32.5 Å². The second kappa shape index (κ2) is 8.61. The molecule has 2 N–H and O–H groups in total. The Balaban J connectivity index is 1.75. The lowest BCUT2D eigenvalue weighted by Gasteiger charge is -2.13. The number of aromatic nitrogens is 2. The first-order valence-corrected chi connectivity index (χ1v) is 10.9. The van der Waals surface area contributed by atoms with Crippen LogP contribution in [-0.4, -0.2) is 26.3 Å². The fourth-order valence-corrected chi connectivity index (χ4v) is 3.87. The molecule has 6 nitrogen and oxygen atoms in total. The molecule has 0 bridgehead atoms. The molecule has 0 aliphatic heterocycles. The number of carbonyl (C=O) groups excluding carboxylic acids is 1. The fraction of sp³-hybridized carbons (Fsp3) is 0.0870. The molecule has 31 heavy (non-hydrogen) atoms.